The molecule has 0 unspecified atom stereocenters. The minimum Gasteiger partial charge on any atom is -0.361 e. The van der Waals surface area contributed by atoms with Crippen LogP contribution in [0.3, 0.4) is 0 Å². The van der Waals surface area contributed by atoms with E-state index in [1.165, 1.54) is 0 Å². The molecule has 0 bridgehead atoms. The first-order valence-corrected chi connectivity index (χ1v) is 5.18. The highest BCUT2D eigenvalue weighted by atomic mass is 15.2. The first-order valence-electron chi connectivity index (χ1n) is 5.18. The molecule has 1 aliphatic rings. The van der Waals surface area contributed by atoms with Crippen molar-refractivity contribution in [2.75, 3.05) is 0 Å². The number of aromatic nitrogens is 2. The Balaban J connectivity index is 2.40. The van der Waals surface area contributed by atoms with Gasteiger partial charge in [-0.25, -0.2) is 4.98 Å². The predicted molar refractivity (Wildman–Crippen MR) is 61.0 cm³/mol. The molecule has 0 spiro atoms. The summed E-state index contributed by atoms with van der Waals surface area (Å²) in [5.41, 5.74) is 0.924. The Morgan fingerprint density at radius 1 is 1.27 bits per heavy atom. The van der Waals surface area contributed by atoms with Gasteiger partial charge in [0.05, 0.1) is 23.6 Å². The average Bonchev–Trinajstić information content (AvgIpc) is 2.55. The Labute approximate surface area is 90.4 Å². The van der Waals surface area contributed by atoms with Crippen molar-refractivity contribution >= 4 is 5.84 Å². The monoisotopic (exact) mass is 206 g/mol. The van der Waals surface area contributed by atoms with E-state index in [0.29, 0.717) is 0 Å². The van der Waals surface area contributed by atoms with Gasteiger partial charge in [0.25, 0.3) is 0 Å². The van der Waals surface area contributed by atoms with Crippen LogP contribution in [0.25, 0.3) is 0 Å². The third-order valence-corrected chi connectivity index (χ3v) is 3.41. The van der Waals surface area contributed by atoms with E-state index in [0.717, 1.165) is 11.5 Å². The molecule has 2 rings (SSSR count). The highest BCUT2D eigenvalue weighted by Gasteiger charge is 2.43. The molecular weight excluding hydrogens is 188 g/mol. The third-order valence-electron chi connectivity index (χ3n) is 3.41. The molecule has 0 atom stereocenters. The van der Waals surface area contributed by atoms with E-state index in [9.17, 15) is 0 Å². The van der Waals surface area contributed by atoms with Crippen molar-refractivity contribution in [3.05, 3.63) is 18.2 Å². The Bertz CT molecular complexity index is 412. The fourth-order valence-corrected chi connectivity index (χ4v) is 1.60. The molecule has 0 fully saturated rings. The van der Waals surface area contributed by atoms with Gasteiger partial charge >= 0.3 is 0 Å². The van der Waals surface area contributed by atoms with E-state index in [1.54, 1.807) is 6.33 Å². The van der Waals surface area contributed by atoms with E-state index in [2.05, 4.69) is 38.0 Å². The van der Waals surface area contributed by atoms with Crippen molar-refractivity contribution in [2.24, 2.45) is 12.0 Å². The lowest BCUT2D eigenvalue weighted by Gasteiger charge is -2.32. The van der Waals surface area contributed by atoms with Crippen LogP contribution in [0.4, 0.5) is 0 Å². The van der Waals surface area contributed by atoms with Gasteiger partial charge < -0.3 is 9.88 Å². The third kappa shape index (κ3) is 1.44. The molecule has 15 heavy (non-hydrogen) atoms. The van der Waals surface area contributed by atoms with Crippen molar-refractivity contribution in [3.63, 3.8) is 0 Å². The molecule has 1 aromatic heterocycles. The van der Waals surface area contributed by atoms with Crippen molar-refractivity contribution in [1.29, 1.82) is 0 Å². The van der Waals surface area contributed by atoms with Gasteiger partial charge in [0.2, 0.25) is 0 Å². The summed E-state index contributed by atoms with van der Waals surface area (Å²) in [5, 5.41) is 3.45. The second-order valence-corrected chi connectivity index (χ2v) is 5.16. The van der Waals surface area contributed by atoms with Crippen molar-refractivity contribution in [2.45, 2.75) is 38.8 Å². The normalized spacial score (nSPS) is 22.3. The van der Waals surface area contributed by atoms with Crippen LogP contribution in [-0.4, -0.2) is 26.5 Å². The second-order valence-electron chi connectivity index (χ2n) is 5.16. The summed E-state index contributed by atoms with van der Waals surface area (Å²) < 4.78 is 1.98. The fraction of sp³-hybridized carbons (Fsp3) is 0.636. The van der Waals surface area contributed by atoms with Gasteiger partial charge in [-0.1, -0.05) is 0 Å². The number of imidazole rings is 1. The largest absolute Gasteiger partial charge is 0.361 e. The number of nitrogens with zero attached hydrogens (tertiary/aromatic N) is 3. The molecule has 0 saturated carbocycles. The summed E-state index contributed by atoms with van der Waals surface area (Å²) >= 11 is 0. The first-order chi connectivity index (χ1) is 6.83. The van der Waals surface area contributed by atoms with E-state index in [4.69, 9.17) is 4.99 Å². The molecule has 0 aromatic carbocycles. The number of nitrogens with one attached hydrogen (secondary N) is 1. The lowest BCUT2D eigenvalue weighted by Crippen LogP contribution is -2.50. The molecule has 0 aliphatic carbocycles. The van der Waals surface area contributed by atoms with E-state index in [-0.39, 0.29) is 11.1 Å². The number of rotatable bonds is 1. The molecule has 0 saturated heterocycles. The number of hydrogen-bond donors (Lipinski definition) is 1. The molecule has 82 valence electrons. The van der Waals surface area contributed by atoms with Crippen molar-refractivity contribution in [1.82, 2.24) is 14.9 Å². The Morgan fingerprint density at radius 2 is 1.93 bits per heavy atom. The zero-order valence-corrected chi connectivity index (χ0v) is 10.00. The maximum absolute atomic E-state index is 4.72. The van der Waals surface area contributed by atoms with Crippen molar-refractivity contribution < 1.29 is 0 Å². The molecule has 1 aromatic rings. The molecule has 0 radical (unpaired) electrons. The topological polar surface area (TPSA) is 42.2 Å². The molecule has 1 N–H and O–H groups in total. The van der Waals surface area contributed by atoms with Gasteiger partial charge in [-0.3, -0.25) is 4.99 Å². The summed E-state index contributed by atoms with van der Waals surface area (Å²) in [4.78, 5) is 8.83. The summed E-state index contributed by atoms with van der Waals surface area (Å²) in [6, 6.07) is 0. The molecule has 2 heterocycles. The first kappa shape index (κ1) is 10.2. The van der Waals surface area contributed by atoms with Gasteiger partial charge in [-0.05, 0) is 27.7 Å². The van der Waals surface area contributed by atoms with Crippen molar-refractivity contribution in [3.8, 4) is 0 Å². The molecule has 4 heteroatoms. The van der Waals surface area contributed by atoms with Gasteiger partial charge in [0.15, 0.2) is 0 Å². The molecular formula is C11H18N4. The number of aryl methyl sites for hydroxylation is 1. The van der Waals surface area contributed by atoms with Crippen LogP contribution < -0.4 is 5.32 Å². The minimum absolute atomic E-state index is 0.0212. The van der Waals surface area contributed by atoms with Gasteiger partial charge in [0.1, 0.15) is 11.5 Å². The lowest BCUT2D eigenvalue weighted by molar-refractivity contribution is 0.309. The van der Waals surface area contributed by atoms with Gasteiger partial charge in [-0.15, -0.1) is 0 Å². The fourth-order valence-electron chi connectivity index (χ4n) is 1.60. The summed E-state index contributed by atoms with van der Waals surface area (Å²) in [7, 11) is 1.98. The van der Waals surface area contributed by atoms with Gasteiger partial charge in [-0.2, -0.15) is 0 Å². The Kier molecular flexibility index (Phi) is 1.93. The average molecular weight is 206 g/mol. The molecule has 0 amide bonds. The van der Waals surface area contributed by atoms with Crippen LogP contribution in [0.1, 0.15) is 33.4 Å². The number of aliphatic imine (C=N–C) groups is 1. The molecule has 1 aliphatic heterocycles. The Morgan fingerprint density at radius 3 is 2.33 bits per heavy atom. The van der Waals surface area contributed by atoms with Crippen LogP contribution in [0.15, 0.2) is 17.5 Å². The quantitative estimate of drug-likeness (QED) is 0.753. The van der Waals surface area contributed by atoms with Crippen LogP contribution in [0.5, 0.6) is 0 Å². The van der Waals surface area contributed by atoms with E-state index in [1.807, 2.05) is 17.8 Å². The smallest absolute Gasteiger partial charge is 0.148 e. The van der Waals surface area contributed by atoms with E-state index >= 15 is 0 Å². The summed E-state index contributed by atoms with van der Waals surface area (Å²) in [6.45, 7) is 8.62. The maximum atomic E-state index is 4.72. The zero-order valence-electron chi connectivity index (χ0n) is 10.00. The van der Waals surface area contributed by atoms with Crippen LogP contribution in [0.2, 0.25) is 0 Å². The van der Waals surface area contributed by atoms with Crippen LogP contribution in [0, 0.1) is 0 Å². The number of hydrogen-bond acceptors (Lipinski definition) is 3. The summed E-state index contributed by atoms with van der Waals surface area (Å²) in [6.07, 6.45) is 3.63. The SMILES string of the molecule is Cn1cncc1C1=NC(C)(C)C(C)(C)N1. The minimum atomic E-state index is -0.0907. The zero-order chi connectivity index (χ0) is 11.3. The van der Waals surface area contributed by atoms with Crippen LogP contribution in [-0.2, 0) is 7.05 Å². The van der Waals surface area contributed by atoms with Crippen LogP contribution >= 0.6 is 0 Å². The second kappa shape index (κ2) is 2.84. The standard InChI is InChI=1S/C11H18N4/c1-10(2)11(3,4)14-9(13-10)8-6-12-7-15(8)5/h6-7H,1-5H3,(H,13,14). The maximum Gasteiger partial charge on any atom is 0.148 e. The van der Waals surface area contributed by atoms with E-state index < -0.39 is 0 Å². The highest BCUT2D eigenvalue weighted by Crippen LogP contribution is 2.31. The lowest BCUT2D eigenvalue weighted by atomic mass is 9.85. The highest BCUT2D eigenvalue weighted by molar-refractivity contribution is 5.99. The molecule has 4 nitrogen and oxygen atoms in total. The predicted octanol–water partition coefficient (Wildman–Crippen LogP) is 1.33. The Hall–Kier alpha value is -1.32. The number of amidine groups is 1. The summed E-state index contributed by atoms with van der Waals surface area (Å²) in [5.74, 6) is 0.935. The van der Waals surface area contributed by atoms with Gasteiger partial charge in [0, 0.05) is 7.05 Å².